The number of carbonyl (C=O) groups excluding carboxylic acids is 2. The normalized spacial score (nSPS) is 12.3. The van der Waals surface area contributed by atoms with Gasteiger partial charge in [-0.1, -0.05) is 32.0 Å². The molecular formula is C20H23N3O2S. The Kier molecular flexibility index (Phi) is 5.52. The Labute approximate surface area is 157 Å². The van der Waals surface area contributed by atoms with Crippen LogP contribution >= 0.6 is 11.3 Å². The quantitative estimate of drug-likeness (QED) is 0.637. The Bertz CT molecular complexity index is 942. The van der Waals surface area contributed by atoms with Crippen molar-refractivity contribution in [3.05, 3.63) is 52.1 Å². The van der Waals surface area contributed by atoms with Gasteiger partial charge >= 0.3 is 0 Å². The zero-order valence-electron chi connectivity index (χ0n) is 15.3. The number of benzene rings is 1. The Morgan fingerprint density at radius 1 is 1.27 bits per heavy atom. The number of carbonyl (C=O) groups is 2. The van der Waals surface area contributed by atoms with Crippen LogP contribution in [0.2, 0.25) is 0 Å². The molecule has 0 aliphatic rings. The van der Waals surface area contributed by atoms with E-state index in [0.717, 1.165) is 28.0 Å². The lowest BCUT2D eigenvalue weighted by molar-refractivity contribution is -0.124. The lowest BCUT2D eigenvalue weighted by Crippen LogP contribution is -2.31. The van der Waals surface area contributed by atoms with Crippen molar-refractivity contribution >= 4 is 33.9 Å². The van der Waals surface area contributed by atoms with E-state index < -0.39 is 0 Å². The van der Waals surface area contributed by atoms with Crippen molar-refractivity contribution in [1.29, 1.82) is 0 Å². The summed E-state index contributed by atoms with van der Waals surface area (Å²) in [6.45, 7) is 6.03. The zero-order valence-corrected chi connectivity index (χ0v) is 16.1. The van der Waals surface area contributed by atoms with E-state index in [1.165, 1.54) is 0 Å². The van der Waals surface area contributed by atoms with Crippen LogP contribution in [0.4, 0.5) is 0 Å². The molecule has 0 saturated carbocycles. The molecule has 0 bridgehead atoms. The molecule has 3 rings (SSSR count). The first-order valence-electron chi connectivity index (χ1n) is 8.86. The SMILES string of the molecule is CCc1csc(CNC(=O)[C@H](CC)n2cc(C(C)=O)c3ccccc32)n1. The number of para-hydroxylation sites is 1. The molecule has 0 spiro atoms. The number of fused-ring (bicyclic) bond motifs is 1. The van der Waals surface area contributed by atoms with Crippen molar-refractivity contribution in [2.75, 3.05) is 0 Å². The van der Waals surface area contributed by atoms with Gasteiger partial charge < -0.3 is 9.88 Å². The van der Waals surface area contributed by atoms with E-state index in [1.54, 1.807) is 24.5 Å². The number of hydrogen-bond donors (Lipinski definition) is 1. The Morgan fingerprint density at radius 2 is 2.04 bits per heavy atom. The van der Waals surface area contributed by atoms with Crippen LogP contribution < -0.4 is 5.32 Å². The third-order valence-corrected chi connectivity index (χ3v) is 5.42. The summed E-state index contributed by atoms with van der Waals surface area (Å²) in [6, 6.07) is 7.35. The molecule has 1 atom stereocenters. The van der Waals surface area contributed by atoms with Crippen LogP contribution in [-0.4, -0.2) is 21.2 Å². The number of ketones is 1. The van der Waals surface area contributed by atoms with Gasteiger partial charge in [0.15, 0.2) is 5.78 Å². The van der Waals surface area contributed by atoms with E-state index in [9.17, 15) is 9.59 Å². The summed E-state index contributed by atoms with van der Waals surface area (Å²) in [5, 5.41) is 6.81. The van der Waals surface area contributed by atoms with Crippen LogP contribution in [0.15, 0.2) is 35.8 Å². The number of rotatable bonds is 7. The fraction of sp³-hybridized carbons (Fsp3) is 0.350. The highest BCUT2D eigenvalue weighted by Crippen LogP contribution is 2.27. The van der Waals surface area contributed by atoms with E-state index >= 15 is 0 Å². The smallest absolute Gasteiger partial charge is 0.243 e. The Hall–Kier alpha value is -2.47. The monoisotopic (exact) mass is 369 g/mol. The number of aryl methyl sites for hydroxylation is 1. The summed E-state index contributed by atoms with van der Waals surface area (Å²) in [5.74, 6) is -0.0540. The van der Waals surface area contributed by atoms with Gasteiger partial charge in [0.05, 0.1) is 12.2 Å². The van der Waals surface area contributed by atoms with Crippen LogP contribution in [-0.2, 0) is 17.8 Å². The minimum Gasteiger partial charge on any atom is -0.348 e. The average molecular weight is 369 g/mol. The molecule has 5 nitrogen and oxygen atoms in total. The third-order valence-electron chi connectivity index (χ3n) is 4.52. The van der Waals surface area contributed by atoms with Gasteiger partial charge in [-0.3, -0.25) is 9.59 Å². The second-order valence-corrected chi connectivity index (χ2v) is 7.19. The molecule has 0 saturated heterocycles. The molecule has 136 valence electrons. The molecule has 2 heterocycles. The number of hydrogen-bond acceptors (Lipinski definition) is 4. The maximum Gasteiger partial charge on any atom is 0.243 e. The number of nitrogens with one attached hydrogen (secondary N) is 1. The summed E-state index contributed by atoms with van der Waals surface area (Å²) < 4.78 is 1.92. The molecule has 1 N–H and O–H groups in total. The summed E-state index contributed by atoms with van der Waals surface area (Å²) >= 11 is 1.56. The second kappa shape index (κ2) is 7.83. The van der Waals surface area contributed by atoms with Crippen LogP contribution in [0.1, 0.15) is 54.3 Å². The lowest BCUT2D eigenvalue weighted by atomic mass is 10.1. The van der Waals surface area contributed by atoms with Crippen molar-refractivity contribution in [3.63, 3.8) is 0 Å². The molecule has 3 aromatic rings. The molecule has 0 unspecified atom stereocenters. The summed E-state index contributed by atoms with van der Waals surface area (Å²) in [7, 11) is 0. The zero-order chi connectivity index (χ0) is 18.7. The summed E-state index contributed by atoms with van der Waals surface area (Å²) in [4.78, 5) is 29.3. The fourth-order valence-electron chi connectivity index (χ4n) is 3.12. The minimum absolute atomic E-state index is 0.00471. The molecule has 26 heavy (non-hydrogen) atoms. The van der Waals surface area contributed by atoms with Gasteiger partial charge in [-0.25, -0.2) is 4.98 Å². The predicted octanol–water partition coefficient (Wildman–Crippen LogP) is 4.13. The van der Waals surface area contributed by atoms with Crippen LogP contribution in [0.3, 0.4) is 0 Å². The van der Waals surface area contributed by atoms with Crippen LogP contribution in [0.25, 0.3) is 10.9 Å². The summed E-state index contributed by atoms with van der Waals surface area (Å²) in [5.41, 5.74) is 2.61. The van der Waals surface area contributed by atoms with E-state index in [4.69, 9.17) is 0 Å². The van der Waals surface area contributed by atoms with E-state index in [-0.39, 0.29) is 17.7 Å². The van der Waals surface area contributed by atoms with Crippen LogP contribution in [0, 0.1) is 0 Å². The molecule has 6 heteroatoms. The number of Topliss-reactive ketones (excluding diaryl/α,β-unsaturated/α-hetero) is 1. The molecule has 0 aliphatic heterocycles. The topological polar surface area (TPSA) is 64.0 Å². The first kappa shape index (κ1) is 18.3. The molecule has 0 fully saturated rings. The highest BCUT2D eigenvalue weighted by Gasteiger charge is 2.22. The molecule has 2 aromatic heterocycles. The van der Waals surface area contributed by atoms with Crippen molar-refractivity contribution < 1.29 is 9.59 Å². The highest BCUT2D eigenvalue weighted by molar-refractivity contribution is 7.09. The van der Waals surface area contributed by atoms with Gasteiger partial charge in [-0.2, -0.15) is 0 Å². The van der Waals surface area contributed by atoms with E-state index in [1.807, 2.05) is 41.1 Å². The number of aromatic nitrogens is 2. The van der Waals surface area contributed by atoms with Crippen molar-refractivity contribution in [2.24, 2.45) is 0 Å². The van der Waals surface area contributed by atoms with Gasteiger partial charge in [-0.15, -0.1) is 11.3 Å². The Balaban J connectivity index is 1.85. The maximum absolute atomic E-state index is 12.8. The van der Waals surface area contributed by atoms with Gasteiger partial charge in [-0.05, 0) is 25.8 Å². The third kappa shape index (κ3) is 3.55. The number of thiazole rings is 1. The molecule has 1 aromatic carbocycles. The first-order chi connectivity index (χ1) is 12.5. The van der Waals surface area contributed by atoms with Gasteiger partial charge in [0.25, 0.3) is 0 Å². The molecular weight excluding hydrogens is 346 g/mol. The summed E-state index contributed by atoms with van der Waals surface area (Å²) in [6.07, 6.45) is 3.34. The fourth-order valence-corrected chi connectivity index (χ4v) is 3.94. The van der Waals surface area contributed by atoms with E-state index in [0.29, 0.717) is 18.5 Å². The second-order valence-electron chi connectivity index (χ2n) is 6.25. The molecule has 0 aliphatic carbocycles. The van der Waals surface area contributed by atoms with Gasteiger partial charge in [0.1, 0.15) is 11.0 Å². The minimum atomic E-state index is -0.362. The lowest BCUT2D eigenvalue weighted by Gasteiger charge is -2.18. The van der Waals surface area contributed by atoms with Crippen molar-refractivity contribution in [1.82, 2.24) is 14.9 Å². The Morgan fingerprint density at radius 3 is 2.69 bits per heavy atom. The molecule has 1 amide bonds. The number of amides is 1. The van der Waals surface area contributed by atoms with Gasteiger partial charge in [0, 0.05) is 28.0 Å². The average Bonchev–Trinajstić information content (AvgIpc) is 3.25. The predicted molar refractivity (Wildman–Crippen MR) is 105 cm³/mol. The largest absolute Gasteiger partial charge is 0.348 e. The first-order valence-corrected chi connectivity index (χ1v) is 9.74. The number of nitrogens with zero attached hydrogens (tertiary/aromatic N) is 2. The standard InChI is InChI=1S/C20H23N3O2S/c1-4-14-12-26-19(22-14)10-21-20(25)17(5-2)23-11-16(13(3)24)15-8-6-7-9-18(15)23/h6-9,11-12,17H,4-5,10H2,1-3H3,(H,21,25)/t17-/m0/s1. The highest BCUT2D eigenvalue weighted by atomic mass is 32.1. The molecule has 0 radical (unpaired) electrons. The van der Waals surface area contributed by atoms with Crippen molar-refractivity contribution in [2.45, 2.75) is 46.2 Å². The van der Waals surface area contributed by atoms with E-state index in [2.05, 4.69) is 17.2 Å². The van der Waals surface area contributed by atoms with Gasteiger partial charge in [0.2, 0.25) is 5.91 Å². The van der Waals surface area contributed by atoms with Crippen LogP contribution in [0.5, 0.6) is 0 Å². The maximum atomic E-state index is 12.8. The van der Waals surface area contributed by atoms with Crippen molar-refractivity contribution in [3.8, 4) is 0 Å².